The Hall–Kier alpha value is -2.63. The zero-order chi connectivity index (χ0) is 17.9. The smallest absolute Gasteiger partial charge is 0.407 e. The Bertz CT molecular complexity index is 684. The van der Waals surface area contributed by atoms with Gasteiger partial charge < -0.3 is 20.5 Å². The van der Waals surface area contributed by atoms with Crippen LogP contribution in [0, 0.1) is 17.8 Å². The van der Waals surface area contributed by atoms with Crippen LogP contribution in [-0.2, 0) is 14.3 Å². The lowest BCUT2D eigenvalue weighted by Gasteiger charge is -2.24. The van der Waals surface area contributed by atoms with Gasteiger partial charge >= 0.3 is 12.1 Å². The second kappa shape index (κ2) is 6.86. The van der Waals surface area contributed by atoms with E-state index in [1.807, 2.05) is 0 Å². The van der Waals surface area contributed by atoms with Crippen LogP contribution < -0.4 is 11.1 Å². The molecule has 1 heterocycles. The molecule has 1 aliphatic carbocycles. The van der Waals surface area contributed by atoms with Crippen molar-refractivity contribution < 1.29 is 27.4 Å². The number of nitrogens with two attached hydrogens (primary N) is 1. The minimum atomic E-state index is -4.60. The van der Waals surface area contributed by atoms with E-state index in [-0.39, 0.29) is 30.5 Å². The highest BCUT2D eigenvalue weighted by atomic mass is 19.4. The van der Waals surface area contributed by atoms with Crippen LogP contribution in [0.15, 0.2) is 28.2 Å². The number of halogens is 3. The quantitative estimate of drug-likeness (QED) is 0.594. The Labute approximate surface area is 136 Å². The van der Waals surface area contributed by atoms with Crippen molar-refractivity contribution in [1.82, 2.24) is 5.32 Å². The van der Waals surface area contributed by atoms with Gasteiger partial charge in [0.2, 0.25) is 11.9 Å². The highest BCUT2D eigenvalue weighted by Gasteiger charge is 2.42. The van der Waals surface area contributed by atoms with E-state index in [1.165, 1.54) is 0 Å². The molecule has 0 saturated carbocycles. The number of allylic oxidation sites excluding steroid dienone is 3. The maximum atomic E-state index is 13.0. The third kappa shape index (κ3) is 3.64. The van der Waals surface area contributed by atoms with Crippen molar-refractivity contribution in [3.63, 3.8) is 0 Å². The molecule has 0 radical (unpaired) electrons. The van der Waals surface area contributed by atoms with Crippen molar-refractivity contribution in [2.24, 2.45) is 16.6 Å². The lowest BCUT2D eigenvalue weighted by atomic mass is 10.1. The molecule has 130 valence electrons. The summed E-state index contributed by atoms with van der Waals surface area (Å²) in [5, 5.41) is 2.74. The van der Waals surface area contributed by atoms with E-state index in [4.69, 9.17) is 15.2 Å². The molecule has 0 saturated heterocycles. The molecule has 2 aliphatic rings. The van der Waals surface area contributed by atoms with Gasteiger partial charge in [0.15, 0.2) is 5.92 Å². The number of nitrogens with one attached hydrogen (secondary N) is 1. The standard InChI is InChI=1S/C15H16F3N3O3/c1-3-23-13-12(14(22)24-4-2)20-11-7-9(19)8(15(16,17)18)5-6-10(11)21-13/h7-8,12,20H,3-4,19H2,1-2H3. The maximum absolute atomic E-state index is 13.0. The van der Waals surface area contributed by atoms with E-state index in [0.29, 0.717) is 0 Å². The predicted molar refractivity (Wildman–Crippen MR) is 79.2 cm³/mol. The number of hydrogen-bond donors (Lipinski definition) is 2. The van der Waals surface area contributed by atoms with Gasteiger partial charge in [0, 0.05) is 5.70 Å². The van der Waals surface area contributed by atoms with Gasteiger partial charge in [0.1, 0.15) is 5.70 Å². The SMILES string of the molecule is CCOC(=O)C1NC2=C(C#CC(C(F)(F)F)C(N)=C2)N=C1OCC. The van der Waals surface area contributed by atoms with E-state index in [2.05, 4.69) is 22.2 Å². The summed E-state index contributed by atoms with van der Waals surface area (Å²) >= 11 is 0. The molecule has 0 aromatic carbocycles. The fraction of sp³-hybridized carbons (Fsp3) is 0.467. The molecule has 9 heteroatoms. The van der Waals surface area contributed by atoms with E-state index in [1.54, 1.807) is 13.8 Å². The first-order chi connectivity index (χ1) is 11.3. The number of carbonyl (C=O) groups is 1. The molecule has 0 bridgehead atoms. The Balaban J connectivity index is 2.41. The molecular weight excluding hydrogens is 327 g/mol. The van der Waals surface area contributed by atoms with Crippen molar-refractivity contribution >= 4 is 11.9 Å². The van der Waals surface area contributed by atoms with Crippen LogP contribution in [0.5, 0.6) is 0 Å². The number of ether oxygens (including phenoxy) is 2. The fourth-order valence-electron chi connectivity index (χ4n) is 2.12. The number of esters is 1. The fourth-order valence-corrected chi connectivity index (χ4v) is 2.12. The van der Waals surface area contributed by atoms with Gasteiger partial charge in [-0.25, -0.2) is 9.79 Å². The van der Waals surface area contributed by atoms with E-state index >= 15 is 0 Å². The average Bonchev–Trinajstić information content (AvgIpc) is 2.64. The van der Waals surface area contributed by atoms with Gasteiger partial charge in [-0.05, 0) is 25.8 Å². The molecule has 2 rings (SSSR count). The Morgan fingerprint density at radius 1 is 1.42 bits per heavy atom. The van der Waals surface area contributed by atoms with Crippen LogP contribution >= 0.6 is 0 Å². The number of carbonyl (C=O) groups excluding carboxylic acids is 1. The van der Waals surface area contributed by atoms with Gasteiger partial charge in [0.25, 0.3) is 0 Å². The second-order valence-corrected chi connectivity index (χ2v) is 4.86. The summed E-state index contributed by atoms with van der Waals surface area (Å²) in [6.45, 7) is 3.67. The van der Waals surface area contributed by atoms with Gasteiger partial charge in [0.05, 0.1) is 18.9 Å². The third-order valence-corrected chi connectivity index (χ3v) is 3.14. The summed E-state index contributed by atoms with van der Waals surface area (Å²) in [6, 6.07) is -1.07. The molecule has 0 amide bonds. The summed E-state index contributed by atoms with van der Waals surface area (Å²) in [5.74, 6) is 1.63. The zero-order valence-corrected chi connectivity index (χ0v) is 13.0. The number of hydrogen-bond acceptors (Lipinski definition) is 6. The van der Waals surface area contributed by atoms with Gasteiger partial charge in [-0.2, -0.15) is 13.2 Å². The van der Waals surface area contributed by atoms with E-state index in [9.17, 15) is 18.0 Å². The second-order valence-electron chi connectivity index (χ2n) is 4.86. The number of aliphatic imine (C=N–C) groups is 1. The minimum absolute atomic E-state index is 0.0126. The van der Waals surface area contributed by atoms with Gasteiger partial charge in [-0.3, -0.25) is 0 Å². The monoisotopic (exact) mass is 343 g/mol. The van der Waals surface area contributed by atoms with Crippen LogP contribution in [0.1, 0.15) is 13.8 Å². The Kier molecular flexibility index (Phi) is 5.07. The van der Waals surface area contributed by atoms with Crippen molar-refractivity contribution in [3.8, 4) is 11.8 Å². The first-order valence-electron chi connectivity index (χ1n) is 7.22. The molecule has 3 N–H and O–H groups in total. The lowest BCUT2D eigenvalue weighted by Crippen LogP contribution is -2.47. The van der Waals surface area contributed by atoms with Gasteiger partial charge in [-0.1, -0.05) is 5.92 Å². The van der Waals surface area contributed by atoms with Crippen molar-refractivity contribution in [3.05, 3.63) is 23.2 Å². The number of nitrogens with zero attached hydrogens (tertiary/aromatic N) is 1. The normalized spacial score (nSPS) is 22.9. The topological polar surface area (TPSA) is 85.9 Å². The third-order valence-electron chi connectivity index (χ3n) is 3.14. The number of rotatable bonds is 3. The number of alkyl halides is 3. The molecule has 1 aliphatic heterocycles. The highest BCUT2D eigenvalue weighted by Crippen LogP contribution is 2.31. The van der Waals surface area contributed by atoms with Crippen molar-refractivity contribution in [2.45, 2.75) is 26.1 Å². The summed E-state index contributed by atoms with van der Waals surface area (Å²) in [7, 11) is 0. The van der Waals surface area contributed by atoms with Crippen molar-refractivity contribution in [2.75, 3.05) is 13.2 Å². The summed E-state index contributed by atoms with van der Waals surface area (Å²) in [4.78, 5) is 16.1. The van der Waals surface area contributed by atoms with Crippen LogP contribution in [0.25, 0.3) is 0 Å². The first kappa shape index (κ1) is 17.7. The largest absolute Gasteiger partial charge is 0.479 e. The summed E-state index contributed by atoms with van der Waals surface area (Å²) < 4.78 is 49.1. The molecular formula is C15H16F3N3O3. The molecule has 2 atom stereocenters. The van der Waals surface area contributed by atoms with E-state index < -0.39 is 29.8 Å². The molecule has 2 unspecified atom stereocenters. The minimum Gasteiger partial charge on any atom is -0.479 e. The van der Waals surface area contributed by atoms with Crippen LogP contribution in [0.2, 0.25) is 0 Å². The Morgan fingerprint density at radius 3 is 2.71 bits per heavy atom. The summed E-state index contributed by atoms with van der Waals surface area (Å²) in [5.41, 5.74) is 5.17. The molecule has 0 aromatic heterocycles. The van der Waals surface area contributed by atoms with Crippen LogP contribution in [-0.4, -0.2) is 37.3 Å². The molecule has 6 nitrogen and oxygen atoms in total. The summed E-state index contributed by atoms with van der Waals surface area (Å²) in [6.07, 6.45) is -3.53. The maximum Gasteiger partial charge on any atom is 0.407 e. The highest BCUT2D eigenvalue weighted by molar-refractivity contribution is 6.03. The van der Waals surface area contributed by atoms with Crippen LogP contribution in [0.3, 0.4) is 0 Å². The molecule has 0 fully saturated rings. The average molecular weight is 343 g/mol. The predicted octanol–water partition coefficient (Wildman–Crippen LogP) is 1.21. The molecule has 0 spiro atoms. The van der Waals surface area contributed by atoms with Gasteiger partial charge in [-0.15, -0.1) is 0 Å². The molecule has 24 heavy (non-hydrogen) atoms. The van der Waals surface area contributed by atoms with Crippen molar-refractivity contribution in [1.29, 1.82) is 0 Å². The Morgan fingerprint density at radius 2 is 2.12 bits per heavy atom. The molecule has 0 aromatic rings. The lowest BCUT2D eigenvalue weighted by molar-refractivity contribution is -0.149. The van der Waals surface area contributed by atoms with Crippen LogP contribution in [0.4, 0.5) is 13.2 Å². The van der Waals surface area contributed by atoms with E-state index in [0.717, 1.165) is 6.08 Å². The first-order valence-corrected chi connectivity index (χ1v) is 7.22. The zero-order valence-electron chi connectivity index (χ0n) is 13.0.